The van der Waals surface area contributed by atoms with Crippen LogP contribution >= 0.6 is 0 Å². The van der Waals surface area contributed by atoms with Crippen LogP contribution in [0.25, 0.3) is 111 Å². The monoisotopic (exact) mass is 872 g/mol. The molecule has 9 aromatic carbocycles. The van der Waals surface area contributed by atoms with E-state index >= 15 is 0 Å². The second-order valence-corrected chi connectivity index (χ2v) is 17.0. The Hall–Kier alpha value is -8.55. The van der Waals surface area contributed by atoms with Gasteiger partial charge in [-0.1, -0.05) is 157 Å². The van der Waals surface area contributed by atoms with Gasteiger partial charge in [0.25, 0.3) is 0 Å². The second-order valence-electron chi connectivity index (χ2n) is 17.0. The molecule has 0 N–H and O–H groups in total. The number of hydrogen-bond acceptors (Lipinski definition) is 2. The number of alkyl halides is 3. The van der Waals surface area contributed by atoms with E-state index in [2.05, 4.69) is 131 Å². The molecule has 0 bridgehead atoms. The van der Waals surface area contributed by atoms with Crippen LogP contribution in [0.15, 0.2) is 218 Å². The highest BCUT2D eigenvalue weighted by molar-refractivity contribution is 6.13. The van der Waals surface area contributed by atoms with Crippen molar-refractivity contribution in [2.45, 2.75) is 13.1 Å². The molecule has 3 heterocycles. The molecule has 0 saturated carbocycles. The average Bonchev–Trinajstić information content (AvgIpc) is 3.89. The number of hydrogen-bond donors (Lipinski definition) is 0. The van der Waals surface area contributed by atoms with Gasteiger partial charge in [0.2, 0.25) is 0 Å². The molecule has 0 atom stereocenters. The Morgan fingerprint density at radius 2 is 0.821 bits per heavy atom. The quantitative estimate of drug-likeness (QED) is 0.160. The van der Waals surface area contributed by atoms with Gasteiger partial charge in [0.05, 0.1) is 44.7 Å². The van der Waals surface area contributed by atoms with Gasteiger partial charge in [0.15, 0.2) is 5.82 Å². The number of fused-ring (bicyclic) bond motifs is 6. The maximum atomic E-state index is 14.2. The third-order valence-electron chi connectivity index (χ3n) is 12.8. The first-order valence-electron chi connectivity index (χ1n) is 22.2. The third-order valence-corrected chi connectivity index (χ3v) is 12.8. The normalized spacial score (nSPS) is 11.9. The van der Waals surface area contributed by atoms with E-state index in [1.165, 1.54) is 22.9 Å². The van der Waals surface area contributed by atoms with Crippen LogP contribution in [0.1, 0.15) is 11.1 Å². The van der Waals surface area contributed by atoms with Crippen LogP contribution in [0.3, 0.4) is 0 Å². The highest BCUT2D eigenvalue weighted by Crippen LogP contribution is 2.45. The summed E-state index contributed by atoms with van der Waals surface area (Å²) in [5.41, 5.74) is 13.6. The molecule has 0 amide bonds. The molecule has 3 aromatic heterocycles. The van der Waals surface area contributed by atoms with Crippen molar-refractivity contribution in [3.63, 3.8) is 0 Å². The Balaban J connectivity index is 1.17. The fourth-order valence-electron chi connectivity index (χ4n) is 9.65. The van der Waals surface area contributed by atoms with Crippen LogP contribution in [0.2, 0.25) is 0 Å². The number of halogens is 3. The van der Waals surface area contributed by atoms with Crippen molar-refractivity contribution < 1.29 is 13.2 Å². The number of nitrogens with zero attached hydrogens (tertiary/aromatic N) is 4. The lowest BCUT2D eigenvalue weighted by molar-refractivity contribution is -0.137. The van der Waals surface area contributed by atoms with E-state index in [9.17, 15) is 13.2 Å². The van der Waals surface area contributed by atoms with Crippen LogP contribution in [-0.2, 0) is 6.18 Å². The Kier molecular flexibility index (Phi) is 9.47. The molecular formula is C60H39F3N4. The van der Waals surface area contributed by atoms with Crippen molar-refractivity contribution in [1.82, 2.24) is 19.1 Å². The SMILES string of the molecule is Cc1ccc(-c2cc(-c3nc(-c4ccccc4)cc(-c4ccccc4)n3)cc(-c3ccc(C(F)(F)F)cc3)c2-n2c3ccccc3c3cc(-n4c5ccccc5c5ccccc54)ccc32)cc1. The molecule has 0 saturated heterocycles. The van der Waals surface area contributed by atoms with Gasteiger partial charge in [0, 0.05) is 55.0 Å². The molecule has 0 aliphatic carbocycles. The van der Waals surface area contributed by atoms with Gasteiger partial charge in [-0.15, -0.1) is 0 Å². The van der Waals surface area contributed by atoms with Crippen LogP contribution in [0.5, 0.6) is 0 Å². The largest absolute Gasteiger partial charge is 0.416 e. The van der Waals surface area contributed by atoms with Gasteiger partial charge in [-0.05, 0) is 84.8 Å². The van der Waals surface area contributed by atoms with E-state index in [1.54, 1.807) is 12.1 Å². The Morgan fingerprint density at radius 3 is 1.34 bits per heavy atom. The molecule has 67 heavy (non-hydrogen) atoms. The van der Waals surface area contributed by atoms with Crippen molar-refractivity contribution in [1.29, 1.82) is 0 Å². The molecule has 0 aliphatic heterocycles. The van der Waals surface area contributed by atoms with Crippen molar-refractivity contribution in [2.75, 3.05) is 0 Å². The number of aryl methyl sites for hydroxylation is 1. The van der Waals surface area contributed by atoms with Crippen LogP contribution in [0, 0.1) is 6.92 Å². The van der Waals surface area contributed by atoms with Gasteiger partial charge in [-0.3, -0.25) is 0 Å². The summed E-state index contributed by atoms with van der Waals surface area (Å²) >= 11 is 0. The number of benzene rings is 9. The standard InChI is InChI=1S/C60H39F3N4/c1-38-24-26-39(27-25-38)49-34-43(59-64-52(41-14-4-2-5-15-41)37-53(65-59)42-16-6-3-7-17-42)35-50(40-28-30-44(31-29-40)60(61,62)63)58(49)67-56-23-13-10-20-48(56)51-36-45(32-33-57(51)67)66-54-21-11-8-18-46(54)47-19-9-12-22-55(47)66/h2-37H,1H3. The maximum absolute atomic E-state index is 14.2. The van der Waals surface area contributed by atoms with Crippen LogP contribution in [0.4, 0.5) is 13.2 Å². The number of rotatable bonds is 7. The van der Waals surface area contributed by atoms with E-state index < -0.39 is 11.7 Å². The fraction of sp³-hybridized carbons (Fsp3) is 0.0333. The molecule has 0 aliphatic rings. The molecule has 12 rings (SSSR count). The Labute approximate surface area is 384 Å². The summed E-state index contributed by atoms with van der Waals surface area (Å²) in [6, 6.07) is 72.1. The second kappa shape index (κ2) is 15.9. The Morgan fingerprint density at radius 1 is 0.373 bits per heavy atom. The summed E-state index contributed by atoms with van der Waals surface area (Å²) in [6.07, 6.45) is -4.50. The number of para-hydroxylation sites is 3. The fourth-order valence-corrected chi connectivity index (χ4v) is 9.65. The van der Waals surface area contributed by atoms with E-state index in [4.69, 9.17) is 9.97 Å². The lowest BCUT2D eigenvalue weighted by Gasteiger charge is -2.21. The summed E-state index contributed by atoms with van der Waals surface area (Å²) < 4.78 is 47.3. The van der Waals surface area contributed by atoms with Crippen LogP contribution in [-0.4, -0.2) is 19.1 Å². The van der Waals surface area contributed by atoms with E-state index in [-0.39, 0.29) is 0 Å². The minimum Gasteiger partial charge on any atom is -0.309 e. The van der Waals surface area contributed by atoms with Crippen molar-refractivity contribution in [3.05, 3.63) is 230 Å². The molecule has 0 fully saturated rings. The zero-order valence-electron chi connectivity index (χ0n) is 36.2. The predicted octanol–water partition coefficient (Wildman–Crippen LogP) is 16.3. The van der Waals surface area contributed by atoms with Gasteiger partial charge >= 0.3 is 6.18 Å². The van der Waals surface area contributed by atoms with E-state index in [1.807, 2.05) is 78.9 Å². The molecule has 12 aromatic rings. The van der Waals surface area contributed by atoms with Gasteiger partial charge in [-0.25, -0.2) is 9.97 Å². The molecule has 320 valence electrons. The molecule has 0 radical (unpaired) electrons. The van der Waals surface area contributed by atoms with Gasteiger partial charge in [-0.2, -0.15) is 13.2 Å². The zero-order chi connectivity index (χ0) is 45.2. The highest BCUT2D eigenvalue weighted by Gasteiger charge is 2.31. The van der Waals surface area contributed by atoms with E-state index in [0.29, 0.717) is 11.4 Å². The number of aromatic nitrogens is 4. The molecular weight excluding hydrogens is 834 g/mol. The minimum atomic E-state index is -4.50. The van der Waals surface area contributed by atoms with Crippen molar-refractivity contribution in [2.24, 2.45) is 0 Å². The first-order valence-corrected chi connectivity index (χ1v) is 22.2. The minimum absolute atomic E-state index is 0.492. The Bertz CT molecular complexity index is 3720. The summed E-state index contributed by atoms with van der Waals surface area (Å²) in [5.74, 6) is 0.492. The van der Waals surface area contributed by atoms with Gasteiger partial charge in [0.1, 0.15) is 0 Å². The summed E-state index contributed by atoms with van der Waals surface area (Å²) in [7, 11) is 0. The zero-order valence-corrected chi connectivity index (χ0v) is 36.2. The smallest absolute Gasteiger partial charge is 0.309 e. The average molecular weight is 873 g/mol. The lowest BCUT2D eigenvalue weighted by Crippen LogP contribution is -2.05. The summed E-state index contributed by atoms with van der Waals surface area (Å²) in [5, 5.41) is 4.44. The van der Waals surface area contributed by atoms with Gasteiger partial charge < -0.3 is 9.13 Å². The van der Waals surface area contributed by atoms with E-state index in [0.717, 1.165) is 94.5 Å². The highest BCUT2D eigenvalue weighted by atomic mass is 19.4. The maximum Gasteiger partial charge on any atom is 0.416 e. The molecule has 7 heteroatoms. The topological polar surface area (TPSA) is 35.6 Å². The first kappa shape index (κ1) is 40.0. The lowest BCUT2D eigenvalue weighted by atomic mass is 9.91. The molecule has 0 unspecified atom stereocenters. The third kappa shape index (κ3) is 6.95. The van der Waals surface area contributed by atoms with Crippen molar-refractivity contribution in [3.8, 4) is 67.5 Å². The van der Waals surface area contributed by atoms with Crippen molar-refractivity contribution >= 4 is 43.6 Å². The molecule has 4 nitrogen and oxygen atoms in total. The summed E-state index contributed by atoms with van der Waals surface area (Å²) in [4.78, 5) is 10.5. The molecule has 0 spiro atoms. The van der Waals surface area contributed by atoms with Crippen LogP contribution < -0.4 is 0 Å². The predicted molar refractivity (Wildman–Crippen MR) is 268 cm³/mol. The summed E-state index contributed by atoms with van der Waals surface area (Å²) in [6.45, 7) is 2.06. The first-order chi connectivity index (χ1) is 32.8.